The number of hydrogen-bond donors (Lipinski definition) is 1. The molecule has 29 heavy (non-hydrogen) atoms. The molecule has 1 heterocycles. The van der Waals surface area contributed by atoms with Gasteiger partial charge < -0.3 is 10.1 Å². The monoisotopic (exact) mass is 392 g/mol. The third-order valence-electron chi connectivity index (χ3n) is 6.02. The van der Waals surface area contributed by atoms with Crippen LogP contribution in [0.3, 0.4) is 0 Å². The molecule has 6 nitrogen and oxygen atoms in total. The molecule has 0 radical (unpaired) electrons. The molecule has 0 bridgehead atoms. The van der Waals surface area contributed by atoms with Crippen LogP contribution in [-0.4, -0.2) is 28.3 Å². The highest BCUT2D eigenvalue weighted by atomic mass is 16.5. The zero-order chi connectivity index (χ0) is 21.6. The van der Waals surface area contributed by atoms with E-state index in [2.05, 4.69) is 49.3 Å². The van der Waals surface area contributed by atoms with Gasteiger partial charge in [-0.2, -0.15) is 10.4 Å². The van der Waals surface area contributed by atoms with Crippen LogP contribution in [0.15, 0.2) is 24.3 Å². The molecule has 1 amide bonds. The number of aromatic nitrogens is 2. The molecule has 1 saturated carbocycles. The smallest absolute Gasteiger partial charge is 0.272 e. The van der Waals surface area contributed by atoms with Gasteiger partial charge in [0, 0.05) is 16.9 Å². The normalized spacial score (nSPS) is 21.6. The number of carbonyl (C=O) groups excluding carboxylic acids is 1. The molecule has 0 saturated heterocycles. The fourth-order valence-electron chi connectivity index (χ4n) is 4.83. The van der Waals surface area contributed by atoms with Gasteiger partial charge in [0.05, 0.1) is 17.3 Å². The van der Waals surface area contributed by atoms with E-state index in [1.165, 1.54) is 0 Å². The molecule has 1 fully saturated rings. The minimum atomic E-state index is -0.285. The topological polar surface area (TPSA) is 87.9 Å². The van der Waals surface area contributed by atoms with Crippen LogP contribution in [0.1, 0.15) is 60.6 Å². The minimum absolute atomic E-state index is 0.0869. The highest BCUT2D eigenvalue weighted by Crippen LogP contribution is 2.55. The standard InChI is InChI=1S/C23H28N4O2/c1-13-10-16(11-14(2)17(13)12-24)29-21-22(4,5)20(23(21,6)7)25-19(28)18-9-8-15(3)26-27-18/h8-11,20-21H,1-7H3,(H,25,28). The summed E-state index contributed by atoms with van der Waals surface area (Å²) in [6.45, 7) is 14.1. The number of ether oxygens (including phenoxy) is 1. The molecular formula is C23H28N4O2. The molecule has 3 rings (SSSR count). The Kier molecular flexibility index (Phi) is 5.12. The summed E-state index contributed by atoms with van der Waals surface area (Å²) in [7, 11) is 0. The SMILES string of the molecule is Cc1ccc(C(=O)NC2C(C)(C)C(Oc3cc(C)c(C#N)c(C)c3)C2(C)C)nn1. The maximum absolute atomic E-state index is 12.7. The molecule has 152 valence electrons. The fourth-order valence-corrected chi connectivity index (χ4v) is 4.83. The van der Waals surface area contributed by atoms with Crippen molar-refractivity contribution in [3.05, 3.63) is 52.3 Å². The second-order valence-corrected chi connectivity index (χ2v) is 9.15. The Labute approximate surface area is 172 Å². The van der Waals surface area contributed by atoms with Crippen LogP contribution in [0, 0.1) is 42.9 Å². The van der Waals surface area contributed by atoms with Crippen molar-refractivity contribution in [2.24, 2.45) is 10.8 Å². The van der Waals surface area contributed by atoms with Crippen LogP contribution in [0.4, 0.5) is 0 Å². The number of hydrogen-bond acceptors (Lipinski definition) is 5. The average Bonchev–Trinajstić information content (AvgIpc) is 2.64. The number of nitrogens with one attached hydrogen (secondary N) is 1. The van der Waals surface area contributed by atoms with E-state index in [4.69, 9.17) is 4.74 Å². The van der Waals surface area contributed by atoms with Gasteiger partial charge in [-0.1, -0.05) is 27.7 Å². The van der Waals surface area contributed by atoms with Gasteiger partial charge >= 0.3 is 0 Å². The van der Waals surface area contributed by atoms with E-state index in [0.717, 1.165) is 22.6 Å². The molecule has 6 heteroatoms. The summed E-state index contributed by atoms with van der Waals surface area (Å²) in [4.78, 5) is 12.7. The first-order valence-electron chi connectivity index (χ1n) is 9.77. The number of amides is 1. The third kappa shape index (κ3) is 3.57. The molecule has 1 N–H and O–H groups in total. The van der Waals surface area contributed by atoms with Crippen LogP contribution in [0.5, 0.6) is 5.75 Å². The van der Waals surface area contributed by atoms with Crippen molar-refractivity contribution < 1.29 is 9.53 Å². The summed E-state index contributed by atoms with van der Waals surface area (Å²) >= 11 is 0. The first kappa shape index (κ1) is 20.8. The van der Waals surface area contributed by atoms with E-state index in [-0.39, 0.29) is 28.9 Å². The molecule has 0 spiro atoms. The summed E-state index contributed by atoms with van der Waals surface area (Å²) in [6.07, 6.45) is -0.101. The molecule has 1 aromatic carbocycles. The third-order valence-corrected chi connectivity index (χ3v) is 6.02. The van der Waals surface area contributed by atoms with Gasteiger partial charge in [-0.25, -0.2) is 0 Å². The maximum Gasteiger partial charge on any atom is 0.272 e. The van der Waals surface area contributed by atoms with Crippen LogP contribution in [0.25, 0.3) is 0 Å². The van der Waals surface area contributed by atoms with Gasteiger partial charge in [0.2, 0.25) is 0 Å². The Morgan fingerprint density at radius 2 is 1.66 bits per heavy atom. The molecule has 2 aromatic rings. The second kappa shape index (κ2) is 7.14. The lowest BCUT2D eigenvalue weighted by Crippen LogP contribution is -2.74. The highest BCUT2D eigenvalue weighted by molar-refractivity contribution is 5.92. The van der Waals surface area contributed by atoms with Crippen molar-refractivity contribution in [3.8, 4) is 11.8 Å². The molecule has 1 aliphatic carbocycles. The van der Waals surface area contributed by atoms with E-state index in [0.29, 0.717) is 11.3 Å². The first-order valence-corrected chi connectivity index (χ1v) is 9.77. The van der Waals surface area contributed by atoms with Crippen molar-refractivity contribution in [2.75, 3.05) is 0 Å². The zero-order valence-electron chi connectivity index (χ0n) is 18.1. The van der Waals surface area contributed by atoms with Gasteiger partial charge in [0.25, 0.3) is 5.91 Å². The lowest BCUT2D eigenvalue weighted by atomic mass is 9.49. The maximum atomic E-state index is 12.7. The number of benzene rings is 1. The molecule has 1 aliphatic rings. The van der Waals surface area contributed by atoms with Crippen molar-refractivity contribution in [2.45, 2.75) is 60.6 Å². The first-order chi connectivity index (χ1) is 13.5. The Morgan fingerprint density at radius 1 is 1.07 bits per heavy atom. The van der Waals surface area contributed by atoms with Gasteiger partial charge in [-0.05, 0) is 56.2 Å². The number of carbonyl (C=O) groups is 1. The summed E-state index contributed by atoms with van der Waals surface area (Å²) < 4.78 is 6.39. The summed E-state index contributed by atoms with van der Waals surface area (Å²) in [5.74, 6) is 0.520. The summed E-state index contributed by atoms with van der Waals surface area (Å²) in [5.41, 5.74) is 3.01. The lowest BCUT2D eigenvalue weighted by Gasteiger charge is -2.63. The van der Waals surface area contributed by atoms with E-state index < -0.39 is 0 Å². The largest absolute Gasteiger partial charge is 0.489 e. The Bertz CT molecular complexity index is 948. The summed E-state index contributed by atoms with van der Waals surface area (Å²) in [5, 5.41) is 20.4. The predicted molar refractivity (Wildman–Crippen MR) is 111 cm³/mol. The van der Waals surface area contributed by atoms with E-state index in [1.807, 2.05) is 32.9 Å². The molecule has 0 unspecified atom stereocenters. The quantitative estimate of drug-likeness (QED) is 0.853. The Hall–Kier alpha value is -2.94. The van der Waals surface area contributed by atoms with Gasteiger partial charge in [0.15, 0.2) is 5.69 Å². The molecule has 0 aliphatic heterocycles. The Morgan fingerprint density at radius 3 is 2.14 bits per heavy atom. The predicted octanol–water partition coefficient (Wildman–Crippen LogP) is 3.89. The number of aryl methyl sites for hydroxylation is 3. The number of rotatable bonds is 4. The van der Waals surface area contributed by atoms with Crippen molar-refractivity contribution in [3.63, 3.8) is 0 Å². The van der Waals surface area contributed by atoms with E-state index in [1.54, 1.807) is 12.1 Å². The number of nitrogens with zero attached hydrogens (tertiary/aromatic N) is 3. The summed E-state index contributed by atoms with van der Waals surface area (Å²) in [6, 6.07) is 9.43. The van der Waals surface area contributed by atoms with Gasteiger partial charge in [-0.15, -0.1) is 5.10 Å². The van der Waals surface area contributed by atoms with Crippen LogP contribution >= 0.6 is 0 Å². The van der Waals surface area contributed by atoms with Crippen molar-refractivity contribution in [1.29, 1.82) is 5.26 Å². The van der Waals surface area contributed by atoms with Crippen molar-refractivity contribution in [1.82, 2.24) is 15.5 Å². The zero-order valence-corrected chi connectivity index (χ0v) is 18.1. The molecule has 1 aromatic heterocycles. The Balaban J connectivity index is 1.79. The average molecular weight is 393 g/mol. The van der Waals surface area contributed by atoms with Crippen molar-refractivity contribution >= 4 is 5.91 Å². The van der Waals surface area contributed by atoms with Crippen LogP contribution in [0.2, 0.25) is 0 Å². The van der Waals surface area contributed by atoms with Crippen LogP contribution in [-0.2, 0) is 0 Å². The van der Waals surface area contributed by atoms with Gasteiger partial charge in [0.1, 0.15) is 11.9 Å². The minimum Gasteiger partial charge on any atom is -0.489 e. The molecule has 0 atom stereocenters. The highest BCUT2D eigenvalue weighted by Gasteiger charge is 2.64. The molecular weight excluding hydrogens is 364 g/mol. The number of nitriles is 1. The van der Waals surface area contributed by atoms with Crippen LogP contribution < -0.4 is 10.1 Å². The van der Waals surface area contributed by atoms with E-state index >= 15 is 0 Å². The fraction of sp³-hybridized carbons (Fsp3) is 0.478. The van der Waals surface area contributed by atoms with E-state index in [9.17, 15) is 10.1 Å². The van der Waals surface area contributed by atoms with Gasteiger partial charge in [-0.3, -0.25) is 4.79 Å². The lowest BCUT2D eigenvalue weighted by molar-refractivity contribution is -0.164. The second-order valence-electron chi connectivity index (χ2n) is 9.15.